The topological polar surface area (TPSA) is 0 Å². The highest BCUT2D eigenvalue weighted by molar-refractivity contribution is 6.53. The van der Waals surface area contributed by atoms with E-state index < -0.39 is 0 Å². The molecule has 0 aliphatic heterocycles. The standard InChI is InChI=1S/C18H28B/c1-7-14-12(5)18(19-6)17-10-13(11(3)4)9-16(17)15(14)8-2/h11,13H,7-10H2,1-6H3. The van der Waals surface area contributed by atoms with Gasteiger partial charge in [-0.1, -0.05) is 51.1 Å². The van der Waals surface area contributed by atoms with Crippen LogP contribution in [0, 0.1) is 18.8 Å². The van der Waals surface area contributed by atoms with Gasteiger partial charge in [0, 0.05) is 0 Å². The molecule has 0 fully saturated rings. The van der Waals surface area contributed by atoms with Crippen molar-refractivity contribution >= 4 is 12.7 Å². The first-order valence-corrected chi connectivity index (χ1v) is 8.00. The molecular weight excluding hydrogens is 227 g/mol. The molecule has 103 valence electrons. The normalized spacial score (nSPS) is 17.9. The molecule has 0 N–H and O–H groups in total. The lowest BCUT2D eigenvalue weighted by Crippen LogP contribution is -2.24. The summed E-state index contributed by atoms with van der Waals surface area (Å²) < 4.78 is 0. The van der Waals surface area contributed by atoms with E-state index in [1.807, 2.05) is 0 Å². The van der Waals surface area contributed by atoms with Gasteiger partial charge in [-0.15, -0.1) is 0 Å². The molecule has 0 aromatic heterocycles. The van der Waals surface area contributed by atoms with E-state index in [-0.39, 0.29) is 0 Å². The van der Waals surface area contributed by atoms with Gasteiger partial charge in [0.05, 0.1) is 0 Å². The van der Waals surface area contributed by atoms with Crippen LogP contribution in [0.5, 0.6) is 0 Å². The summed E-state index contributed by atoms with van der Waals surface area (Å²) in [5.41, 5.74) is 9.77. The molecule has 1 heteroatoms. The highest BCUT2D eigenvalue weighted by Gasteiger charge is 2.29. The molecule has 1 radical (unpaired) electrons. The molecule has 2 rings (SSSR count). The van der Waals surface area contributed by atoms with Gasteiger partial charge in [0.25, 0.3) is 0 Å². The van der Waals surface area contributed by atoms with Gasteiger partial charge in [0.2, 0.25) is 0 Å². The van der Waals surface area contributed by atoms with Crippen LogP contribution < -0.4 is 5.46 Å². The van der Waals surface area contributed by atoms with Crippen molar-refractivity contribution in [2.45, 2.75) is 67.1 Å². The van der Waals surface area contributed by atoms with E-state index in [2.05, 4.69) is 48.7 Å². The quantitative estimate of drug-likeness (QED) is 0.716. The second-order valence-corrected chi connectivity index (χ2v) is 6.36. The van der Waals surface area contributed by atoms with Gasteiger partial charge in [-0.05, 0) is 61.1 Å². The first-order valence-electron chi connectivity index (χ1n) is 8.00. The summed E-state index contributed by atoms with van der Waals surface area (Å²) in [7, 11) is 2.34. The third-order valence-electron chi connectivity index (χ3n) is 5.15. The number of rotatable bonds is 4. The monoisotopic (exact) mass is 255 g/mol. The first kappa shape index (κ1) is 14.7. The van der Waals surface area contributed by atoms with Crippen LogP contribution in [0.25, 0.3) is 0 Å². The average Bonchev–Trinajstić information content (AvgIpc) is 2.81. The molecule has 19 heavy (non-hydrogen) atoms. The highest BCUT2D eigenvalue weighted by atomic mass is 14.3. The van der Waals surface area contributed by atoms with Crippen molar-refractivity contribution in [1.82, 2.24) is 0 Å². The maximum atomic E-state index is 2.38. The predicted octanol–water partition coefficient (Wildman–Crippen LogP) is 3.87. The summed E-state index contributed by atoms with van der Waals surface area (Å²) in [5.74, 6) is 1.65. The molecule has 0 amide bonds. The molecule has 0 heterocycles. The van der Waals surface area contributed by atoms with E-state index in [9.17, 15) is 0 Å². The smallest absolute Gasteiger partial charge is 0.0872 e. The van der Waals surface area contributed by atoms with Crippen LogP contribution in [0.3, 0.4) is 0 Å². The third-order valence-corrected chi connectivity index (χ3v) is 5.15. The Balaban J connectivity index is 2.61. The molecular formula is C18H28B. The maximum Gasteiger partial charge on any atom is 0.148 e. The lowest BCUT2D eigenvalue weighted by Gasteiger charge is -2.20. The fraction of sp³-hybridized carbons (Fsp3) is 0.667. The SMILES string of the molecule is C[B]c1c(C)c(CC)c(CC)c2c1CC(C(C)C)C2. The zero-order valence-corrected chi connectivity index (χ0v) is 13.6. The molecule has 1 aromatic carbocycles. The van der Waals surface area contributed by atoms with Gasteiger partial charge in [-0.25, -0.2) is 0 Å². The Morgan fingerprint density at radius 2 is 1.63 bits per heavy atom. The average molecular weight is 255 g/mol. The Bertz CT molecular complexity index is 471. The molecule has 0 saturated heterocycles. The van der Waals surface area contributed by atoms with Crippen LogP contribution in [-0.4, -0.2) is 7.28 Å². The fourth-order valence-corrected chi connectivity index (χ4v) is 3.99. The Morgan fingerprint density at radius 3 is 2.11 bits per heavy atom. The van der Waals surface area contributed by atoms with E-state index in [4.69, 9.17) is 0 Å². The van der Waals surface area contributed by atoms with Crippen molar-refractivity contribution in [2.24, 2.45) is 11.8 Å². The van der Waals surface area contributed by atoms with Gasteiger partial charge in [0.1, 0.15) is 7.28 Å². The van der Waals surface area contributed by atoms with Crippen molar-refractivity contribution in [3.63, 3.8) is 0 Å². The highest BCUT2D eigenvalue weighted by Crippen LogP contribution is 2.35. The summed E-state index contributed by atoms with van der Waals surface area (Å²) in [5, 5.41) is 0. The number of benzene rings is 1. The van der Waals surface area contributed by atoms with Gasteiger partial charge in [0.15, 0.2) is 0 Å². The van der Waals surface area contributed by atoms with Gasteiger partial charge in [-0.3, -0.25) is 0 Å². The van der Waals surface area contributed by atoms with Crippen molar-refractivity contribution < 1.29 is 0 Å². The molecule has 0 nitrogen and oxygen atoms in total. The summed E-state index contributed by atoms with van der Waals surface area (Å²) in [4.78, 5) is 0. The molecule has 1 atom stereocenters. The summed E-state index contributed by atoms with van der Waals surface area (Å²) in [6.07, 6.45) is 4.98. The second-order valence-electron chi connectivity index (χ2n) is 6.36. The minimum atomic E-state index is 0.798. The summed E-state index contributed by atoms with van der Waals surface area (Å²) >= 11 is 0. The van der Waals surface area contributed by atoms with Crippen molar-refractivity contribution in [2.75, 3.05) is 0 Å². The largest absolute Gasteiger partial charge is 0.148 e. The van der Waals surface area contributed by atoms with Crippen LogP contribution in [0.1, 0.15) is 55.5 Å². The summed E-state index contributed by atoms with van der Waals surface area (Å²) in [6.45, 7) is 13.9. The Kier molecular flexibility index (Phi) is 4.43. The molecule has 1 unspecified atom stereocenters. The molecule has 0 bridgehead atoms. The molecule has 0 spiro atoms. The van der Waals surface area contributed by atoms with E-state index in [1.54, 1.807) is 33.3 Å². The second kappa shape index (κ2) is 5.73. The number of hydrogen-bond acceptors (Lipinski definition) is 0. The van der Waals surface area contributed by atoms with Crippen LogP contribution >= 0.6 is 0 Å². The zero-order chi connectivity index (χ0) is 14.2. The van der Waals surface area contributed by atoms with Crippen molar-refractivity contribution in [1.29, 1.82) is 0 Å². The van der Waals surface area contributed by atoms with Gasteiger partial charge in [-0.2, -0.15) is 0 Å². The van der Waals surface area contributed by atoms with Gasteiger partial charge >= 0.3 is 0 Å². The number of fused-ring (bicyclic) bond motifs is 1. The molecule has 1 aromatic rings. The zero-order valence-electron chi connectivity index (χ0n) is 13.6. The minimum absolute atomic E-state index is 0.798. The third kappa shape index (κ3) is 2.37. The van der Waals surface area contributed by atoms with Crippen molar-refractivity contribution in [3.8, 4) is 0 Å². The molecule has 1 aliphatic rings. The van der Waals surface area contributed by atoms with E-state index in [0.29, 0.717) is 0 Å². The van der Waals surface area contributed by atoms with Crippen LogP contribution in [-0.2, 0) is 25.7 Å². The fourth-order valence-electron chi connectivity index (χ4n) is 3.99. The Labute approximate surface area is 120 Å². The van der Waals surface area contributed by atoms with Crippen LogP contribution in [0.15, 0.2) is 0 Å². The Morgan fingerprint density at radius 1 is 1.05 bits per heavy atom. The van der Waals surface area contributed by atoms with Crippen molar-refractivity contribution in [3.05, 3.63) is 27.8 Å². The molecule has 0 saturated carbocycles. The van der Waals surface area contributed by atoms with E-state index in [1.165, 1.54) is 25.7 Å². The predicted molar refractivity (Wildman–Crippen MR) is 86.9 cm³/mol. The van der Waals surface area contributed by atoms with Gasteiger partial charge < -0.3 is 0 Å². The van der Waals surface area contributed by atoms with E-state index >= 15 is 0 Å². The maximum absolute atomic E-state index is 2.38. The lowest BCUT2D eigenvalue weighted by molar-refractivity contribution is 0.404. The number of hydrogen-bond donors (Lipinski definition) is 0. The lowest BCUT2D eigenvalue weighted by atomic mass is 9.66. The van der Waals surface area contributed by atoms with Crippen LogP contribution in [0.2, 0.25) is 6.82 Å². The Hall–Kier alpha value is -0.715. The van der Waals surface area contributed by atoms with E-state index in [0.717, 1.165) is 11.8 Å². The molecule has 1 aliphatic carbocycles. The first-order chi connectivity index (χ1) is 9.04. The minimum Gasteiger partial charge on any atom is -0.0872 e. The van der Waals surface area contributed by atoms with Crippen LogP contribution in [0.4, 0.5) is 0 Å². The summed E-state index contributed by atoms with van der Waals surface area (Å²) in [6, 6.07) is 0.